The number of nitrogens with one attached hydrogen (secondary N) is 4. The Balaban J connectivity index is 1.27. The number of hydrogen-bond donors (Lipinski definition) is 4. The molecule has 0 radical (unpaired) electrons. The number of H-pyrrole nitrogens is 1. The van der Waals surface area contributed by atoms with Crippen molar-refractivity contribution in [2.24, 2.45) is 11.8 Å². The summed E-state index contributed by atoms with van der Waals surface area (Å²) in [4.78, 5) is 32.1. The summed E-state index contributed by atoms with van der Waals surface area (Å²) in [5.41, 5.74) is 7.75. The second-order valence-corrected chi connectivity index (χ2v) is 7.30. The van der Waals surface area contributed by atoms with Crippen molar-refractivity contribution >= 4 is 22.8 Å². The average Bonchev–Trinajstić information content (AvgIpc) is 3.07. The van der Waals surface area contributed by atoms with Crippen molar-refractivity contribution < 1.29 is 9.59 Å². The average molecular weight is 355 g/mol. The fourth-order valence-electron chi connectivity index (χ4n) is 4.25. The van der Waals surface area contributed by atoms with Gasteiger partial charge in [0.25, 0.3) is 0 Å². The van der Waals surface area contributed by atoms with Gasteiger partial charge < -0.3 is 10.3 Å². The van der Waals surface area contributed by atoms with Crippen LogP contribution in [0.5, 0.6) is 0 Å². The number of carbonyl (C=O) groups excluding carboxylic acids is 2. The van der Waals surface area contributed by atoms with E-state index in [4.69, 9.17) is 0 Å². The highest BCUT2D eigenvalue weighted by Gasteiger charge is 2.40. The van der Waals surface area contributed by atoms with Gasteiger partial charge in [-0.1, -0.05) is 25.0 Å². The van der Waals surface area contributed by atoms with Crippen LogP contribution in [0.15, 0.2) is 24.3 Å². The highest BCUT2D eigenvalue weighted by atomic mass is 16.2. The summed E-state index contributed by atoms with van der Waals surface area (Å²) in [6.07, 6.45) is 5.25. The van der Waals surface area contributed by atoms with Crippen LogP contribution in [0.1, 0.15) is 37.9 Å². The lowest BCUT2D eigenvalue weighted by Gasteiger charge is -2.40. The first-order valence-corrected chi connectivity index (χ1v) is 9.46. The SMILES string of the molecule is O=C(CC1NNC(=O)C2CCCCC12)NCCc1nc2ccccc2[nH]1. The van der Waals surface area contributed by atoms with Gasteiger partial charge in [0.2, 0.25) is 11.8 Å². The molecular formula is C19H25N5O2. The minimum atomic E-state index is 0.0130. The first kappa shape index (κ1) is 17.0. The summed E-state index contributed by atoms with van der Waals surface area (Å²) in [5.74, 6) is 1.29. The van der Waals surface area contributed by atoms with E-state index < -0.39 is 0 Å². The molecule has 1 aromatic heterocycles. The highest BCUT2D eigenvalue weighted by Crippen LogP contribution is 2.35. The fraction of sp³-hybridized carbons (Fsp3) is 0.526. The van der Waals surface area contributed by atoms with Gasteiger partial charge in [-0.05, 0) is 30.9 Å². The Kier molecular flexibility index (Phi) is 4.88. The van der Waals surface area contributed by atoms with E-state index in [9.17, 15) is 9.59 Å². The smallest absolute Gasteiger partial charge is 0.237 e. The molecule has 1 aromatic carbocycles. The number of aromatic nitrogens is 2. The van der Waals surface area contributed by atoms with Crippen LogP contribution < -0.4 is 16.2 Å². The van der Waals surface area contributed by atoms with Crippen molar-refractivity contribution in [2.45, 2.75) is 44.6 Å². The number of imidazole rings is 1. The van der Waals surface area contributed by atoms with E-state index in [-0.39, 0.29) is 29.7 Å². The third-order valence-electron chi connectivity index (χ3n) is 5.58. The molecule has 0 spiro atoms. The maximum absolute atomic E-state index is 12.3. The minimum Gasteiger partial charge on any atom is -0.356 e. The number of hydrazine groups is 1. The highest BCUT2D eigenvalue weighted by molar-refractivity contribution is 5.81. The summed E-state index contributed by atoms with van der Waals surface area (Å²) in [5, 5.41) is 2.98. The zero-order valence-electron chi connectivity index (χ0n) is 14.8. The van der Waals surface area contributed by atoms with Gasteiger partial charge in [0.05, 0.1) is 11.0 Å². The molecule has 4 rings (SSSR count). The summed E-state index contributed by atoms with van der Waals surface area (Å²) < 4.78 is 0. The Morgan fingerprint density at radius 1 is 1.23 bits per heavy atom. The molecule has 2 amide bonds. The second-order valence-electron chi connectivity index (χ2n) is 7.30. The molecule has 1 saturated carbocycles. The summed E-state index contributed by atoms with van der Waals surface area (Å²) in [6, 6.07) is 7.92. The molecule has 7 nitrogen and oxygen atoms in total. The van der Waals surface area contributed by atoms with Crippen LogP contribution >= 0.6 is 0 Å². The number of para-hydroxylation sites is 2. The molecule has 1 saturated heterocycles. The van der Waals surface area contributed by atoms with E-state index in [1.54, 1.807) is 0 Å². The normalized spacial score (nSPS) is 25.5. The lowest BCUT2D eigenvalue weighted by molar-refractivity contribution is -0.135. The number of rotatable bonds is 5. The first-order valence-electron chi connectivity index (χ1n) is 9.46. The van der Waals surface area contributed by atoms with Gasteiger partial charge in [0.1, 0.15) is 5.82 Å². The lowest BCUT2D eigenvalue weighted by Crippen LogP contribution is -2.60. The van der Waals surface area contributed by atoms with Gasteiger partial charge in [0, 0.05) is 31.3 Å². The molecule has 0 bridgehead atoms. The van der Waals surface area contributed by atoms with Crippen LogP contribution in [0.2, 0.25) is 0 Å². The topological polar surface area (TPSA) is 98.9 Å². The molecule has 1 aliphatic carbocycles. The number of nitrogens with zero attached hydrogens (tertiary/aromatic N) is 1. The molecule has 2 aromatic rings. The van der Waals surface area contributed by atoms with E-state index in [1.807, 2.05) is 24.3 Å². The van der Waals surface area contributed by atoms with Crippen LogP contribution in [-0.2, 0) is 16.0 Å². The first-order chi connectivity index (χ1) is 12.7. The van der Waals surface area contributed by atoms with Crippen molar-refractivity contribution in [2.75, 3.05) is 6.54 Å². The Bertz CT molecular complexity index is 769. The van der Waals surface area contributed by atoms with Gasteiger partial charge in [-0.3, -0.25) is 15.0 Å². The molecule has 2 fully saturated rings. The van der Waals surface area contributed by atoms with E-state index in [0.717, 1.165) is 42.5 Å². The number of hydrogen-bond acceptors (Lipinski definition) is 4. The van der Waals surface area contributed by atoms with Crippen LogP contribution in [0.25, 0.3) is 11.0 Å². The molecule has 3 unspecified atom stereocenters. The number of amides is 2. The van der Waals surface area contributed by atoms with Gasteiger partial charge >= 0.3 is 0 Å². The Morgan fingerprint density at radius 2 is 2.08 bits per heavy atom. The van der Waals surface area contributed by atoms with Crippen molar-refractivity contribution in [3.63, 3.8) is 0 Å². The monoisotopic (exact) mass is 355 g/mol. The summed E-state index contributed by atoms with van der Waals surface area (Å²) in [6.45, 7) is 0.547. The fourth-order valence-corrected chi connectivity index (χ4v) is 4.25. The van der Waals surface area contributed by atoms with Gasteiger partial charge in [-0.15, -0.1) is 0 Å². The maximum atomic E-state index is 12.3. The van der Waals surface area contributed by atoms with Crippen molar-refractivity contribution in [3.8, 4) is 0 Å². The van der Waals surface area contributed by atoms with Crippen LogP contribution in [0.4, 0.5) is 0 Å². The lowest BCUT2D eigenvalue weighted by atomic mass is 9.73. The standard InChI is InChI=1S/C19H25N5O2/c25-18(11-16-12-5-1-2-6-13(12)19(26)24-23-16)20-10-9-17-21-14-7-3-4-8-15(14)22-17/h3-4,7-8,12-13,16,23H,1-2,5-6,9-11H2,(H,20,25)(H,21,22)(H,24,26). The number of carbonyl (C=O) groups is 2. The van der Waals surface area contributed by atoms with Crippen molar-refractivity contribution in [1.82, 2.24) is 26.1 Å². The van der Waals surface area contributed by atoms with E-state index in [2.05, 4.69) is 26.1 Å². The third kappa shape index (κ3) is 3.58. The molecule has 4 N–H and O–H groups in total. The van der Waals surface area contributed by atoms with Gasteiger partial charge in [-0.25, -0.2) is 10.4 Å². The number of fused-ring (bicyclic) bond motifs is 2. The molecule has 2 heterocycles. The molecule has 26 heavy (non-hydrogen) atoms. The summed E-state index contributed by atoms with van der Waals surface area (Å²) >= 11 is 0. The van der Waals surface area contributed by atoms with Crippen molar-refractivity contribution in [1.29, 1.82) is 0 Å². The van der Waals surface area contributed by atoms with Crippen LogP contribution in [-0.4, -0.2) is 34.4 Å². The van der Waals surface area contributed by atoms with E-state index in [0.29, 0.717) is 19.4 Å². The molecular weight excluding hydrogens is 330 g/mol. The van der Waals surface area contributed by atoms with Crippen molar-refractivity contribution in [3.05, 3.63) is 30.1 Å². The third-order valence-corrected chi connectivity index (χ3v) is 5.58. The molecule has 3 atom stereocenters. The quantitative estimate of drug-likeness (QED) is 0.652. The predicted octanol–water partition coefficient (Wildman–Crippen LogP) is 1.42. The molecule has 2 aliphatic rings. The predicted molar refractivity (Wildman–Crippen MR) is 97.9 cm³/mol. The number of aromatic amines is 1. The maximum Gasteiger partial charge on any atom is 0.237 e. The zero-order valence-corrected chi connectivity index (χ0v) is 14.8. The molecule has 7 heteroatoms. The number of benzene rings is 1. The van der Waals surface area contributed by atoms with Crippen LogP contribution in [0, 0.1) is 11.8 Å². The van der Waals surface area contributed by atoms with Gasteiger partial charge in [0.15, 0.2) is 0 Å². The van der Waals surface area contributed by atoms with Gasteiger partial charge in [-0.2, -0.15) is 0 Å². The second kappa shape index (κ2) is 7.45. The zero-order chi connectivity index (χ0) is 17.9. The Morgan fingerprint density at radius 3 is 2.96 bits per heavy atom. The molecule has 138 valence electrons. The van der Waals surface area contributed by atoms with Crippen LogP contribution in [0.3, 0.4) is 0 Å². The van der Waals surface area contributed by atoms with E-state index in [1.165, 1.54) is 0 Å². The largest absolute Gasteiger partial charge is 0.356 e. The van der Waals surface area contributed by atoms with E-state index >= 15 is 0 Å². The Hall–Kier alpha value is -2.41. The summed E-state index contributed by atoms with van der Waals surface area (Å²) in [7, 11) is 0. The Labute approximate surface area is 152 Å². The molecule has 1 aliphatic heterocycles. The minimum absolute atomic E-state index is 0.0130.